The Bertz CT molecular complexity index is 1780. The van der Waals surface area contributed by atoms with Crippen LogP contribution in [-0.4, -0.2) is 31.5 Å². The highest BCUT2D eigenvalue weighted by molar-refractivity contribution is 7.17. The lowest BCUT2D eigenvalue weighted by molar-refractivity contribution is 0.443. The predicted octanol–water partition coefficient (Wildman–Crippen LogP) is 6.17. The molecule has 6 rings (SSSR count). The van der Waals surface area contributed by atoms with Crippen molar-refractivity contribution in [2.75, 3.05) is 17.2 Å². The van der Waals surface area contributed by atoms with Crippen molar-refractivity contribution >= 4 is 43.7 Å². The van der Waals surface area contributed by atoms with E-state index in [9.17, 15) is 10.5 Å². The minimum atomic E-state index is -0.310. The van der Waals surface area contributed by atoms with Gasteiger partial charge in [-0.05, 0) is 47.4 Å². The maximum atomic E-state index is 10.1. The van der Waals surface area contributed by atoms with Crippen LogP contribution in [0, 0.1) is 28.1 Å². The number of pyridine rings is 2. The molecule has 0 saturated heterocycles. The third kappa shape index (κ3) is 4.87. The number of rotatable bonds is 7. The standard InChI is InChI=1S/C29H27N9S/c1-29(2,3)16-34-27-18(11-31)12-33-26-17(10-30)8-19(9-22(26)27)35-28(24-14-38(37-36-24)20-4-5-20)23-15-39-25-13-32-7-6-21(23)25/h6-9,12-15,20,28,35H,4-5,16H2,1-3H3,(H,33,34). The monoisotopic (exact) mass is 533 g/mol. The molecule has 1 atom stereocenters. The quantitative estimate of drug-likeness (QED) is 0.254. The molecular weight excluding hydrogens is 506 g/mol. The zero-order chi connectivity index (χ0) is 27.1. The van der Waals surface area contributed by atoms with Crippen LogP contribution in [0.5, 0.6) is 0 Å². The number of anilines is 2. The second kappa shape index (κ2) is 9.64. The van der Waals surface area contributed by atoms with Gasteiger partial charge in [-0.3, -0.25) is 9.97 Å². The Kier molecular flexibility index (Phi) is 6.13. The summed E-state index contributed by atoms with van der Waals surface area (Å²) >= 11 is 1.63. The Labute approximate surface area is 230 Å². The van der Waals surface area contributed by atoms with Gasteiger partial charge >= 0.3 is 0 Å². The van der Waals surface area contributed by atoms with Gasteiger partial charge in [-0.15, -0.1) is 16.4 Å². The van der Waals surface area contributed by atoms with Crippen molar-refractivity contribution in [1.29, 1.82) is 10.5 Å². The number of thiophene rings is 1. The Morgan fingerprint density at radius 2 is 1.95 bits per heavy atom. The molecule has 0 spiro atoms. The first-order chi connectivity index (χ1) is 18.8. The van der Waals surface area contributed by atoms with Crippen LogP contribution in [0.4, 0.5) is 11.4 Å². The van der Waals surface area contributed by atoms with Crippen molar-refractivity contribution in [2.24, 2.45) is 5.41 Å². The highest BCUT2D eigenvalue weighted by Crippen LogP contribution is 2.39. The van der Waals surface area contributed by atoms with Gasteiger partial charge in [0.1, 0.15) is 17.8 Å². The molecule has 1 fully saturated rings. The molecule has 194 valence electrons. The summed E-state index contributed by atoms with van der Waals surface area (Å²) in [7, 11) is 0. The number of nitrogens with one attached hydrogen (secondary N) is 2. The third-order valence-electron chi connectivity index (χ3n) is 6.78. The van der Waals surface area contributed by atoms with Gasteiger partial charge in [0.25, 0.3) is 0 Å². The molecular formula is C29H27N9S. The highest BCUT2D eigenvalue weighted by atomic mass is 32.1. The van der Waals surface area contributed by atoms with Crippen LogP contribution < -0.4 is 10.6 Å². The molecule has 1 aliphatic carbocycles. The molecule has 1 aromatic carbocycles. The summed E-state index contributed by atoms with van der Waals surface area (Å²) in [5, 5.41) is 39.9. The van der Waals surface area contributed by atoms with Gasteiger partial charge < -0.3 is 10.6 Å². The molecule has 0 aliphatic heterocycles. The minimum Gasteiger partial charge on any atom is -0.383 e. The Balaban J connectivity index is 1.48. The van der Waals surface area contributed by atoms with Crippen LogP contribution in [-0.2, 0) is 0 Å². The van der Waals surface area contributed by atoms with Gasteiger partial charge in [0.05, 0.1) is 45.3 Å². The number of nitrogens with zero attached hydrogens (tertiary/aromatic N) is 7. The van der Waals surface area contributed by atoms with Crippen LogP contribution in [0.2, 0.25) is 0 Å². The second-order valence-corrected chi connectivity index (χ2v) is 12.0. The topological polar surface area (TPSA) is 128 Å². The molecule has 10 heteroatoms. The predicted molar refractivity (Wildman–Crippen MR) is 152 cm³/mol. The molecule has 39 heavy (non-hydrogen) atoms. The van der Waals surface area contributed by atoms with Gasteiger partial charge in [-0.2, -0.15) is 10.5 Å². The molecule has 1 unspecified atom stereocenters. The fourth-order valence-corrected chi connectivity index (χ4v) is 5.60. The van der Waals surface area contributed by atoms with Gasteiger partial charge in [-0.1, -0.05) is 26.0 Å². The zero-order valence-corrected chi connectivity index (χ0v) is 22.8. The van der Waals surface area contributed by atoms with E-state index in [0.29, 0.717) is 34.9 Å². The normalized spacial score (nSPS) is 14.2. The van der Waals surface area contributed by atoms with Crippen molar-refractivity contribution in [3.05, 3.63) is 70.8 Å². The van der Waals surface area contributed by atoms with Crippen molar-refractivity contribution in [3.8, 4) is 12.1 Å². The van der Waals surface area contributed by atoms with E-state index in [2.05, 4.69) is 69.2 Å². The molecule has 0 bridgehead atoms. The Morgan fingerprint density at radius 1 is 1.13 bits per heavy atom. The Morgan fingerprint density at radius 3 is 2.69 bits per heavy atom. The molecule has 2 N–H and O–H groups in total. The molecule has 4 aromatic heterocycles. The van der Waals surface area contributed by atoms with Crippen molar-refractivity contribution in [2.45, 2.75) is 45.7 Å². The molecule has 4 heterocycles. The van der Waals surface area contributed by atoms with Gasteiger partial charge in [0, 0.05) is 41.6 Å². The zero-order valence-electron chi connectivity index (χ0n) is 21.9. The van der Waals surface area contributed by atoms with Crippen molar-refractivity contribution < 1.29 is 0 Å². The summed E-state index contributed by atoms with van der Waals surface area (Å²) < 4.78 is 3.03. The molecule has 1 aliphatic rings. The van der Waals surface area contributed by atoms with Crippen molar-refractivity contribution in [1.82, 2.24) is 25.0 Å². The summed E-state index contributed by atoms with van der Waals surface area (Å²) in [5.74, 6) is 0. The summed E-state index contributed by atoms with van der Waals surface area (Å²) in [6.45, 7) is 7.04. The smallest absolute Gasteiger partial charge is 0.110 e. The molecule has 1 saturated carbocycles. The maximum Gasteiger partial charge on any atom is 0.110 e. The Hall–Kier alpha value is -4.54. The van der Waals surface area contributed by atoms with E-state index in [4.69, 9.17) is 0 Å². The van der Waals surface area contributed by atoms with E-state index < -0.39 is 0 Å². The van der Waals surface area contributed by atoms with Crippen LogP contribution in [0.1, 0.15) is 68.1 Å². The number of benzene rings is 1. The van der Waals surface area contributed by atoms with E-state index in [-0.39, 0.29) is 11.5 Å². The van der Waals surface area contributed by atoms with E-state index in [1.807, 2.05) is 35.3 Å². The van der Waals surface area contributed by atoms with E-state index in [1.54, 1.807) is 17.5 Å². The first-order valence-electron chi connectivity index (χ1n) is 12.8. The number of nitriles is 2. The third-order valence-corrected chi connectivity index (χ3v) is 7.73. The largest absolute Gasteiger partial charge is 0.383 e. The lowest BCUT2D eigenvalue weighted by atomic mass is 9.96. The van der Waals surface area contributed by atoms with Gasteiger partial charge in [-0.25, -0.2) is 4.68 Å². The molecule has 0 amide bonds. The number of aromatic nitrogens is 5. The maximum absolute atomic E-state index is 10.1. The minimum absolute atomic E-state index is 0.0103. The number of hydrogen-bond acceptors (Lipinski definition) is 9. The summed E-state index contributed by atoms with van der Waals surface area (Å²) in [6, 6.07) is 10.4. The number of hydrogen-bond donors (Lipinski definition) is 2. The van der Waals surface area contributed by atoms with Crippen LogP contribution in [0.15, 0.2) is 48.4 Å². The lowest BCUT2D eigenvalue weighted by Gasteiger charge is -2.22. The highest BCUT2D eigenvalue weighted by Gasteiger charge is 2.28. The summed E-state index contributed by atoms with van der Waals surface area (Å²) in [6.07, 6.45) is 9.44. The first-order valence-corrected chi connectivity index (χ1v) is 13.7. The van der Waals surface area contributed by atoms with E-state index >= 15 is 0 Å². The summed E-state index contributed by atoms with van der Waals surface area (Å²) in [4.78, 5) is 8.76. The number of fused-ring (bicyclic) bond motifs is 2. The van der Waals surface area contributed by atoms with Crippen LogP contribution in [0.25, 0.3) is 21.0 Å². The average Bonchev–Trinajstić information content (AvgIpc) is 3.51. The van der Waals surface area contributed by atoms with E-state index in [1.165, 1.54) is 6.20 Å². The average molecular weight is 534 g/mol. The molecule has 0 radical (unpaired) electrons. The molecule has 5 aromatic rings. The van der Waals surface area contributed by atoms with Crippen LogP contribution in [0.3, 0.4) is 0 Å². The second-order valence-electron chi connectivity index (χ2n) is 11.1. The SMILES string of the molecule is CC(C)(C)CNc1c(C#N)cnc2c(C#N)cc(NC(c3cn(C4CC4)nn3)c3csc4cnccc34)cc12. The fourth-order valence-electron chi connectivity index (χ4n) is 4.64. The summed E-state index contributed by atoms with van der Waals surface area (Å²) in [5.41, 5.74) is 4.69. The molecule has 9 nitrogen and oxygen atoms in total. The fraction of sp³-hybridized carbons (Fsp3) is 0.310. The van der Waals surface area contributed by atoms with Crippen LogP contribution >= 0.6 is 11.3 Å². The van der Waals surface area contributed by atoms with E-state index in [0.717, 1.165) is 45.3 Å². The van der Waals surface area contributed by atoms with Gasteiger partial charge in [0.2, 0.25) is 0 Å². The van der Waals surface area contributed by atoms with Gasteiger partial charge in [0.15, 0.2) is 0 Å². The lowest BCUT2D eigenvalue weighted by Crippen LogP contribution is -2.20. The van der Waals surface area contributed by atoms with Crippen molar-refractivity contribution in [3.63, 3.8) is 0 Å². The first kappa shape index (κ1) is 24.8.